The number of hydrogen-bond acceptors (Lipinski definition) is 6. The standard InChI is InChI=1S/C21H16N2O6S2/c24-17-8-9-20(30-13-14-4-3-6-16(10-14)23(25)26)18(12-17)22-31(27,28)21-11-15-5-1-2-7-19(15)29-21/h1-12,22H,13H2,(H-,24,25,26)/p+1. The van der Waals surface area contributed by atoms with Crippen LogP contribution in [0.4, 0.5) is 11.4 Å². The fourth-order valence-corrected chi connectivity index (χ4v) is 4.97. The molecular formula is C21H17N2O6S2+. The Morgan fingerprint density at radius 2 is 1.81 bits per heavy atom. The molecule has 0 atom stereocenters. The molecule has 0 aliphatic carbocycles. The molecular weight excluding hydrogens is 440 g/mol. The van der Waals surface area contributed by atoms with E-state index in [2.05, 4.69) is 4.72 Å². The Kier molecular flexibility index (Phi) is 5.57. The highest BCUT2D eigenvalue weighted by molar-refractivity contribution is 7.98. The van der Waals surface area contributed by atoms with Gasteiger partial charge in [-0.05, 0) is 23.8 Å². The van der Waals surface area contributed by atoms with E-state index in [1.165, 1.54) is 42.1 Å². The molecule has 0 saturated heterocycles. The smallest absolute Gasteiger partial charge is 0.316 e. The van der Waals surface area contributed by atoms with Gasteiger partial charge in [0.2, 0.25) is 5.09 Å². The maximum Gasteiger partial charge on any atom is 0.316 e. The van der Waals surface area contributed by atoms with Crippen LogP contribution in [0, 0.1) is 4.91 Å². The average molecular weight is 458 g/mol. The first-order valence-electron chi connectivity index (χ1n) is 9.04. The summed E-state index contributed by atoms with van der Waals surface area (Å²) in [5, 5.41) is 19.3. The zero-order valence-electron chi connectivity index (χ0n) is 15.9. The molecule has 10 heteroatoms. The summed E-state index contributed by atoms with van der Waals surface area (Å²) in [6.45, 7) is 0. The number of aromatic hydroxyl groups is 1. The molecule has 0 aliphatic rings. The zero-order chi connectivity index (χ0) is 22.0. The minimum Gasteiger partial charge on any atom is -0.508 e. The van der Waals surface area contributed by atoms with Gasteiger partial charge < -0.3 is 9.52 Å². The molecule has 1 aromatic heterocycles. The molecule has 4 aromatic rings. The molecule has 0 aliphatic heterocycles. The van der Waals surface area contributed by atoms with Crippen LogP contribution in [0.3, 0.4) is 0 Å². The first-order chi connectivity index (χ1) is 14.8. The minimum atomic E-state index is -4.04. The number of phenolic OH excluding ortho intramolecular Hbond substituents is 1. The summed E-state index contributed by atoms with van der Waals surface area (Å²) in [5.74, 6) is 0.294. The van der Waals surface area contributed by atoms with Crippen molar-refractivity contribution in [3.05, 3.63) is 83.3 Å². The number of anilines is 1. The molecule has 31 heavy (non-hydrogen) atoms. The predicted molar refractivity (Wildman–Crippen MR) is 116 cm³/mol. The molecule has 0 bridgehead atoms. The van der Waals surface area contributed by atoms with E-state index < -0.39 is 10.0 Å². The van der Waals surface area contributed by atoms with Gasteiger partial charge in [-0.2, -0.15) is 8.42 Å². The maximum atomic E-state index is 12.9. The van der Waals surface area contributed by atoms with Gasteiger partial charge >= 0.3 is 5.69 Å². The number of rotatable bonds is 7. The Morgan fingerprint density at radius 3 is 2.58 bits per heavy atom. The highest BCUT2D eigenvalue weighted by Crippen LogP contribution is 2.35. The van der Waals surface area contributed by atoms with Crippen LogP contribution in [0.25, 0.3) is 11.0 Å². The highest BCUT2D eigenvalue weighted by Gasteiger charge is 2.21. The van der Waals surface area contributed by atoms with Gasteiger partial charge in [0.05, 0.1) is 10.6 Å². The molecule has 4 rings (SSSR count). The second kappa shape index (κ2) is 8.32. The summed E-state index contributed by atoms with van der Waals surface area (Å²) in [4.78, 5) is 11.4. The largest absolute Gasteiger partial charge is 0.508 e. The van der Waals surface area contributed by atoms with E-state index in [1.54, 1.807) is 42.5 Å². The van der Waals surface area contributed by atoms with Gasteiger partial charge in [-0.25, -0.2) is 5.21 Å². The fourth-order valence-electron chi connectivity index (χ4n) is 2.93. The van der Waals surface area contributed by atoms with E-state index in [4.69, 9.17) is 9.62 Å². The van der Waals surface area contributed by atoms with Crippen LogP contribution in [-0.2, 0) is 15.8 Å². The van der Waals surface area contributed by atoms with E-state index in [9.17, 15) is 18.4 Å². The fraction of sp³-hybridized carbons (Fsp3) is 0.0476. The van der Waals surface area contributed by atoms with Crippen LogP contribution in [0.15, 0.2) is 87.2 Å². The SMILES string of the molecule is O=[N+](O)c1cccc(CSc2ccc(O)cc2NS(=O)(=O)c2cc3ccccc3o2)c1. The van der Waals surface area contributed by atoms with Gasteiger partial charge in [0.15, 0.2) is 0 Å². The van der Waals surface area contributed by atoms with Crippen LogP contribution in [0.2, 0.25) is 0 Å². The van der Waals surface area contributed by atoms with Crippen LogP contribution in [0.5, 0.6) is 5.75 Å². The number of nitrogens with one attached hydrogen (secondary N) is 1. The van der Waals surface area contributed by atoms with Crippen molar-refractivity contribution >= 4 is 44.1 Å². The Hall–Kier alpha value is -3.50. The Labute approximate surface area is 181 Å². The van der Waals surface area contributed by atoms with Gasteiger partial charge in [0, 0.05) is 40.3 Å². The number of sulfonamides is 1. The third kappa shape index (κ3) is 4.65. The van der Waals surface area contributed by atoms with E-state index in [1.807, 2.05) is 0 Å². The first kappa shape index (κ1) is 20.8. The lowest BCUT2D eigenvalue weighted by Gasteiger charge is -2.12. The third-order valence-electron chi connectivity index (χ3n) is 4.40. The second-order valence-electron chi connectivity index (χ2n) is 6.62. The summed E-state index contributed by atoms with van der Waals surface area (Å²) in [7, 11) is -4.04. The maximum absolute atomic E-state index is 12.9. The second-order valence-corrected chi connectivity index (χ2v) is 9.25. The van der Waals surface area contributed by atoms with Crippen molar-refractivity contribution in [3.8, 4) is 5.75 Å². The van der Waals surface area contributed by atoms with Crippen molar-refractivity contribution in [3.63, 3.8) is 0 Å². The normalized spacial score (nSPS) is 11.5. The van der Waals surface area contributed by atoms with Gasteiger partial charge in [0.25, 0.3) is 14.9 Å². The lowest BCUT2D eigenvalue weighted by atomic mass is 10.2. The number of phenols is 1. The van der Waals surface area contributed by atoms with E-state index >= 15 is 0 Å². The zero-order valence-corrected chi connectivity index (χ0v) is 17.6. The molecule has 0 radical (unpaired) electrons. The van der Waals surface area contributed by atoms with Gasteiger partial charge in [0.1, 0.15) is 11.3 Å². The Morgan fingerprint density at radius 1 is 1.00 bits per heavy atom. The Balaban J connectivity index is 1.59. The molecule has 0 unspecified atom stereocenters. The van der Waals surface area contributed by atoms with E-state index in [-0.39, 0.29) is 27.1 Å². The van der Waals surface area contributed by atoms with Crippen LogP contribution < -0.4 is 4.72 Å². The molecule has 0 spiro atoms. The van der Waals surface area contributed by atoms with Gasteiger partial charge in [-0.15, -0.1) is 11.8 Å². The number of nitrogens with zero attached hydrogens (tertiary/aromatic N) is 1. The summed E-state index contributed by atoms with van der Waals surface area (Å²) in [6.07, 6.45) is 0. The van der Waals surface area contributed by atoms with Crippen molar-refractivity contribution in [1.82, 2.24) is 0 Å². The molecule has 3 aromatic carbocycles. The van der Waals surface area contributed by atoms with Crippen molar-refractivity contribution in [1.29, 1.82) is 0 Å². The molecule has 1 heterocycles. The van der Waals surface area contributed by atoms with Crippen molar-refractivity contribution in [2.24, 2.45) is 0 Å². The topological polar surface area (TPSA) is 120 Å². The number of hydrogen-bond donors (Lipinski definition) is 3. The molecule has 158 valence electrons. The predicted octanol–water partition coefficient (Wildman–Crippen LogP) is 5.03. The Bertz CT molecular complexity index is 1350. The van der Waals surface area contributed by atoms with Gasteiger partial charge in [-0.1, -0.05) is 30.3 Å². The summed E-state index contributed by atoms with van der Waals surface area (Å²) >= 11 is 1.30. The summed E-state index contributed by atoms with van der Waals surface area (Å²) in [5.41, 5.74) is 1.48. The first-order valence-corrected chi connectivity index (χ1v) is 11.5. The van der Waals surface area contributed by atoms with Gasteiger partial charge in [-0.3, -0.25) is 4.72 Å². The lowest BCUT2D eigenvalue weighted by Crippen LogP contribution is -2.12. The van der Waals surface area contributed by atoms with Crippen molar-refractivity contribution in [2.75, 3.05) is 4.72 Å². The number of para-hydroxylation sites is 1. The monoisotopic (exact) mass is 457 g/mol. The molecule has 0 amide bonds. The van der Waals surface area contributed by atoms with Crippen LogP contribution in [0.1, 0.15) is 5.56 Å². The number of fused-ring (bicyclic) bond motifs is 1. The van der Waals surface area contributed by atoms with Crippen LogP contribution >= 0.6 is 11.8 Å². The minimum absolute atomic E-state index is 0.0922. The third-order valence-corrected chi connectivity index (χ3v) is 6.77. The average Bonchev–Trinajstić information content (AvgIpc) is 3.18. The summed E-state index contributed by atoms with van der Waals surface area (Å²) in [6, 6.07) is 19.1. The number of thioether (sulfide) groups is 1. The number of furan rings is 1. The van der Waals surface area contributed by atoms with Crippen molar-refractivity contribution in [2.45, 2.75) is 15.7 Å². The summed E-state index contributed by atoms with van der Waals surface area (Å²) < 4.78 is 33.7. The number of benzene rings is 3. The lowest BCUT2D eigenvalue weighted by molar-refractivity contribution is -0.729. The van der Waals surface area contributed by atoms with E-state index in [0.717, 1.165) is 5.56 Å². The van der Waals surface area contributed by atoms with Crippen molar-refractivity contribution < 1.29 is 28.1 Å². The highest BCUT2D eigenvalue weighted by atomic mass is 32.2. The van der Waals surface area contributed by atoms with E-state index in [0.29, 0.717) is 21.6 Å². The molecule has 3 N–H and O–H groups in total. The molecule has 0 saturated carbocycles. The quantitative estimate of drug-likeness (QED) is 0.263. The molecule has 0 fully saturated rings. The molecule has 8 nitrogen and oxygen atoms in total. The van der Waals surface area contributed by atoms with Crippen LogP contribution in [-0.4, -0.2) is 23.7 Å².